The van der Waals surface area contributed by atoms with Gasteiger partial charge in [-0.15, -0.1) is 5.10 Å². The van der Waals surface area contributed by atoms with Crippen LogP contribution in [-0.2, 0) is 23.1 Å². The number of nitrogens with zero attached hydrogens (tertiary/aromatic N) is 4. The zero-order valence-electron chi connectivity index (χ0n) is 12.3. The number of aryl methyl sites for hydroxylation is 2. The fraction of sp³-hybridized carbons (Fsp3) is 0.615. The zero-order valence-corrected chi connectivity index (χ0v) is 12.3. The highest BCUT2D eigenvalue weighted by molar-refractivity contribution is 6.07. The van der Waals surface area contributed by atoms with Crippen molar-refractivity contribution in [2.75, 3.05) is 13.1 Å². The Hall–Kier alpha value is -2.45. The molecule has 0 saturated carbocycles. The number of carbonyl (C=O) groups excluding carboxylic acids is 3. The van der Waals surface area contributed by atoms with Crippen LogP contribution < -0.4 is 10.6 Å². The monoisotopic (exact) mass is 306 g/mol. The van der Waals surface area contributed by atoms with Crippen molar-refractivity contribution in [1.82, 2.24) is 30.5 Å². The van der Waals surface area contributed by atoms with Gasteiger partial charge in [0, 0.05) is 39.2 Å². The first-order valence-electron chi connectivity index (χ1n) is 7.25. The van der Waals surface area contributed by atoms with Crippen molar-refractivity contribution in [2.24, 2.45) is 7.05 Å². The summed E-state index contributed by atoms with van der Waals surface area (Å²) in [6.07, 6.45) is 3.59. The Morgan fingerprint density at radius 2 is 2.09 bits per heavy atom. The molecule has 0 radical (unpaired) electrons. The van der Waals surface area contributed by atoms with Crippen molar-refractivity contribution in [3.05, 3.63) is 11.9 Å². The molecule has 1 aromatic heterocycles. The number of hydrogen-bond donors (Lipinski definition) is 2. The standard InChI is InChI=1S/C13H18N6O3/c1-18-8-9(16-17-18)2-3-10(20)19-6-4-13(5-7-19)11(21)14-12(22)15-13/h8H,2-7H2,1H3,(H2,14,15,21,22). The summed E-state index contributed by atoms with van der Waals surface area (Å²) in [6.45, 7) is 0.931. The molecule has 0 aliphatic carbocycles. The van der Waals surface area contributed by atoms with Crippen LogP contribution in [0.15, 0.2) is 6.20 Å². The Kier molecular flexibility index (Phi) is 3.55. The number of nitrogens with one attached hydrogen (secondary N) is 2. The third-order valence-corrected chi connectivity index (χ3v) is 4.23. The van der Waals surface area contributed by atoms with Gasteiger partial charge in [-0.3, -0.25) is 19.6 Å². The van der Waals surface area contributed by atoms with Gasteiger partial charge in [0.15, 0.2) is 0 Å². The minimum atomic E-state index is -0.835. The Morgan fingerprint density at radius 3 is 2.64 bits per heavy atom. The van der Waals surface area contributed by atoms with Crippen LogP contribution in [0.2, 0.25) is 0 Å². The van der Waals surface area contributed by atoms with Crippen LogP contribution in [0.3, 0.4) is 0 Å². The second-order valence-electron chi connectivity index (χ2n) is 5.75. The number of imide groups is 1. The SMILES string of the molecule is Cn1cc(CCC(=O)N2CCC3(CC2)NC(=O)NC3=O)nn1. The highest BCUT2D eigenvalue weighted by atomic mass is 16.2. The predicted octanol–water partition coefficient (Wildman–Crippen LogP) is -1.05. The zero-order chi connectivity index (χ0) is 15.7. The van der Waals surface area contributed by atoms with Crippen molar-refractivity contribution in [1.29, 1.82) is 0 Å². The molecule has 0 bridgehead atoms. The molecule has 118 valence electrons. The lowest BCUT2D eigenvalue weighted by Gasteiger charge is -2.37. The summed E-state index contributed by atoms with van der Waals surface area (Å²) in [5, 5.41) is 12.7. The Labute approximate surface area is 127 Å². The molecule has 2 saturated heterocycles. The van der Waals surface area contributed by atoms with E-state index in [1.54, 1.807) is 22.8 Å². The van der Waals surface area contributed by atoms with Crippen molar-refractivity contribution >= 4 is 17.8 Å². The van der Waals surface area contributed by atoms with E-state index < -0.39 is 11.6 Å². The van der Waals surface area contributed by atoms with Crippen molar-refractivity contribution < 1.29 is 14.4 Å². The number of rotatable bonds is 3. The molecule has 3 rings (SSSR count). The number of hydrogen-bond acceptors (Lipinski definition) is 5. The van der Waals surface area contributed by atoms with Crippen LogP contribution in [0.5, 0.6) is 0 Å². The summed E-state index contributed by atoms with van der Waals surface area (Å²) in [5.41, 5.74) is -0.0505. The third kappa shape index (κ3) is 2.66. The molecular weight excluding hydrogens is 288 g/mol. The van der Waals surface area contributed by atoms with Crippen molar-refractivity contribution in [3.8, 4) is 0 Å². The van der Waals surface area contributed by atoms with Crippen LogP contribution in [0, 0.1) is 0 Å². The van der Waals surface area contributed by atoms with Gasteiger partial charge < -0.3 is 10.2 Å². The van der Waals surface area contributed by atoms with Crippen LogP contribution in [-0.4, -0.2) is 56.4 Å². The maximum Gasteiger partial charge on any atom is 0.322 e. The van der Waals surface area contributed by atoms with E-state index >= 15 is 0 Å². The molecule has 2 fully saturated rings. The summed E-state index contributed by atoms with van der Waals surface area (Å²) in [4.78, 5) is 37.0. The molecule has 9 nitrogen and oxygen atoms in total. The second-order valence-corrected chi connectivity index (χ2v) is 5.75. The van der Waals surface area contributed by atoms with Gasteiger partial charge in [0.1, 0.15) is 5.54 Å². The van der Waals surface area contributed by atoms with Gasteiger partial charge in [-0.05, 0) is 12.8 Å². The topological polar surface area (TPSA) is 109 Å². The van der Waals surface area contributed by atoms with E-state index in [4.69, 9.17) is 0 Å². The van der Waals surface area contributed by atoms with Crippen LogP contribution >= 0.6 is 0 Å². The van der Waals surface area contributed by atoms with Crippen LogP contribution in [0.4, 0.5) is 4.79 Å². The van der Waals surface area contributed by atoms with Crippen LogP contribution in [0.1, 0.15) is 25.0 Å². The summed E-state index contributed by atoms with van der Waals surface area (Å²) >= 11 is 0. The van der Waals surface area contributed by atoms with Crippen molar-refractivity contribution in [3.63, 3.8) is 0 Å². The molecule has 2 N–H and O–H groups in total. The molecule has 2 aliphatic rings. The normalized spacial score (nSPS) is 20.1. The molecule has 0 unspecified atom stereocenters. The number of amides is 4. The lowest BCUT2D eigenvalue weighted by Crippen LogP contribution is -2.55. The molecule has 1 aromatic rings. The highest BCUT2D eigenvalue weighted by Gasteiger charge is 2.48. The number of urea groups is 1. The summed E-state index contributed by atoms with van der Waals surface area (Å²) in [5.74, 6) is -0.255. The van der Waals surface area contributed by atoms with Gasteiger partial charge in [0.2, 0.25) is 5.91 Å². The van der Waals surface area contributed by atoms with E-state index in [1.165, 1.54) is 0 Å². The first-order chi connectivity index (χ1) is 10.5. The molecule has 1 spiro atoms. The van der Waals surface area contributed by atoms with Crippen molar-refractivity contribution in [2.45, 2.75) is 31.2 Å². The van der Waals surface area contributed by atoms with E-state index in [9.17, 15) is 14.4 Å². The highest BCUT2D eigenvalue weighted by Crippen LogP contribution is 2.25. The van der Waals surface area contributed by atoms with Gasteiger partial charge >= 0.3 is 6.03 Å². The molecule has 9 heteroatoms. The van der Waals surface area contributed by atoms with E-state index in [0.29, 0.717) is 38.8 Å². The maximum atomic E-state index is 12.2. The Bertz CT molecular complexity index is 617. The fourth-order valence-electron chi connectivity index (χ4n) is 2.92. The predicted molar refractivity (Wildman–Crippen MR) is 74.5 cm³/mol. The van der Waals surface area contributed by atoms with E-state index in [1.807, 2.05) is 0 Å². The molecule has 3 heterocycles. The molecule has 0 atom stereocenters. The van der Waals surface area contributed by atoms with Crippen LogP contribution in [0.25, 0.3) is 0 Å². The molecule has 22 heavy (non-hydrogen) atoms. The maximum absolute atomic E-state index is 12.2. The first-order valence-corrected chi connectivity index (χ1v) is 7.25. The summed E-state index contributed by atoms with van der Waals surface area (Å²) in [7, 11) is 1.78. The first kappa shape index (κ1) is 14.5. The van der Waals surface area contributed by atoms with E-state index in [0.717, 1.165) is 5.69 Å². The molecule has 4 amide bonds. The number of likely N-dealkylation sites (tertiary alicyclic amines) is 1. The summed E-state index contributed by atoms with van der Waals surface area (Å²) < 4.78 is 1.60. The quantitative estimate of drug-likeness (QED) is 0.692. The van der Waals surface area contributed by atoms with E-state index in [2.05, 4.69) is 20.9 Å². The Balaban J connectivity index is 1.52. The number of carbonyl (C=O) groups is 3. The van der Waals surface area contributed by atoms with Gasteiger partial charge in [0.05, 0.1) is 5.69 Å². The molecule has 0 aromatic carbocycles. The smallest absolute Gasteiger partial charge is 0.322 e. The van der Waals surface area contributed by atoms with Gasteiger partial charge in [-0.25, -0.2) is 4.79 Å². The average molecular weight is 306 g/mol. The lowest BCUT2D eigenvalue weighted by atomic mass is 9.87. The van der Waals surface area contributed by atoms with Gasteiger partial charge in [-0.1, -0.05) is 5.21 Å². The number of piperidine rings is 1. The summed E-state index contributed by atoms with van der Waals surface area (Å²) in [6, 6.07) is -0.451. The number of aromatic nitrogens is 3. The largest absolute Gasteiger partial charge is 0.342 e. The van der Waals surface area contributed by atoms with E-state index in [-0.39, 0.29) is 11.8 Å². The molecule has 2 aliphatic heterocycles. The Morgan fingerprint density at radius 1 is 1.36 bits per heavy atom. The molecular formula is C13H18N6O3. The lowest BCUT2D eigenvalue weighted by molar-refractivity contribution is -0.135. The fourth-order valence-corrected chi connectivity index (χ4v) is 2.92. The second kappa shape index (κ2) is 5.39. The van der Waals surface area contributed by atoms with Gasteiger partial charge in [0.25, 0.3) is 5.91 Å². The van der Waals surface area contributed by atoms with Gasteiger partial charge in [-0.2, -0.15) is 0 Å². The minimum Gasteiger partial charge on any atom is -0.342 e. The minimum absolute atomic E-state index is 0.0326. The third-order valence-electron chi connectivity index (χ3n) is 4.23. The average Bonchev–Trinajstić information content (AvgIpc) is 3.01.